The van der Waals surface area contributed by atoms with Crippen molar-refractivity contribution in [3.8, 4) is 0 Å². The molecule has 1 amide bonds. The standard InChI is InChI=1S/C10H11BrClNO/c1-6-3-4-8(12)5-9(6)13-10(14)7(2)11/h3-5,7H,1-2H3,(H,13,14). The van der Waals surface area contributed by atoms with Gasteiger partial charge in [-0.1, -0.05) is 33.6 Å². The lowest BCUT2D eigenvalue weighted by Gasteiger charge is -2.09. The molecule has 14 heavy (non-hydrogen) atoms. The monoisotopic (exact) mass is 275 g/mol. The Morgan fingerprint density at radius 2 is 2.21 bits per heavy atom. The van der Waals surface area contributed by atoms with E-state index in [-0.39, 0.29) is 10.7 Å². The van der Waals surface area contributed by atoms with Crippen molar-refractivity contribution < 1.29 is 4.79 Å². The lowest BCUT2D eigenvalue weighted by molar-refractivity contribution is -0.115. The topological polar surface area (TPSA) is 29.1 Å². The number of rotatable bonds is 2. The minimum absolute atomic E-state index is 0.0737. The normalized spacial score (nSPS) is 12.3. The summed E-state index contributed by atoms with van der Waals surface area (Å²) in [6, 6.07) is 5.41. The Kier molecular flexibility index (Phi) is 3.96. The molecule has 1 rings (SSSR count). The third-order valence-corrected chi connectivity index (χ3v) is 2.47. The number of anilines is 1. The Morgan fingerprint density at radius 3 is 2.79 bits per heavy atom. The van der Waals surface area contributed by atoms with Gasteiger partial charge < -0.3 is 5.32 Å². The van der Waals surface area contributed by atoms with Gasteiger partial charge in [0.05, 0.1) is 4.83 Å². The van der Waals surface area contributed by atoms with Crippen LogP contribution in [0.3, 0.4) is 0 Å². The van der Waals surface area contributed by atoms with Crippen LogP contribution in [-0.2, 0) is 4.79 Å². The molecule has 0 saturated heterocycles. The predicted molar refractivity (Wildman–Crippen MR) is 63.2 cm³/mol. The van der Waals surface area contributed by atoms with Gasteiger partial charge in [0.1, 0.15) is 0 Å². The Hall–Kier alpha value is -0.540. The Bertz CT molecular complexity index is 352. The van der Waals surface area contributed by atoms with Gasteiger partial charge in [-0.2, -0.15) is 0 Å². The molecule has 0 spiro atoms. The highest BCUT2D eigenvalue weighted by Gasteiger charge is 2.09. The van der Waals surface area contributed by atoms with Crippen LogP contribution in [-0.4, -0.2) is 10.7 Å². The summed E-state index contributed by atoms with van der Waals surface area (Å²) in [7, 11) is 0. The van der Waals surface area contributed by atoms with E-state index in [0.717, 1.165) is 11.3 Å². The van der Waals surface area contributed by atoms with Gasteiger partial charge in [0, 0.05) is 10.7 Å². The number of hydrogen-bond donors (Lipinski definition) is 1. The van der Waals surface area contributed by atoms with Crippen molar-refractivity contribution in [1.82, 2.24) is 0 Å². The molecule has 2 nitrogen and oxygen atoms in total. The number of nitrogens with one attached hydrogen (secondary N) is 1. The first-order chi connectivity index (χ1) is 6.50. The average Bonchev–Trinajstić information content (AvgIpc) is 2.11. The largest absolute Gasteiger partial charge is 0.325 e. The van der Waals surface area contributed by atoms with Crippen LogP contribution in [0, 0.1) is 6.92 Å². The number of amides is 1. The molecule has 76 valence electrons. The van der Waals surface area contributed by atoms with Crippen LogP contribution in [0.5, 0.6) is 0 Å². The third kappa shape index (κ3) is 3.00. The van der Waals surface area contributed by atoms with E-state index in [1.54, 1.807) is 19.1 Å². The van der Waals surface area contributed by atoms with E-state index in [4.69, 9.17) is 11.6 Å². The highest BCUT2D eigenvalue weighted by Crippen LogP contribution is 2.20. The van der Waals surface area contributed by atoms with E-state index >= 15 is 0 Å². The number of alkyl halides is 1. The minimum Gasteiger partial charge on any atom is -0.325 e. The van der Waals surface area contributed by atoms with Crippen LogP contribution in [0.15, 0.2) is 18.2 Å². The van der Waals surface area contributed by atoms with Gasteiger partial charge in [0.2, 0.25) is 5.91 Å². The van der Waals surface area contributed by atoms with Gasteiger partial charge in [-0.3, -0.25) is 4.79 Å². The maximum Gasteiger partial charge on any atom is 0.237 e. The molecule has 0 aliphatic rings. The summed E-state index contributed by atoms with van der Waals surface area (Å²) in [6.07, 6.45) is 0. The molecule has 0 heterocycles. The summed E-state index contributed by atoms with van der Waals surface area (Å²) in [6.45, 7) is 3.69. The molecule has 0 radical (unpaired) electrons. The van der Waals surface area contributed by atoms with Gasteiger partial charge >= 0.3 is 0 Å². The number of carbonyl (C=O) groups is 1. The Balaban J connectivity index is 2.86. The first-order valence-corrected chi connectivity index (χ1v) is 5.51. The second-order valence-corrected chi connectivity index (χ2v) is 4.87. The van der Waals surface area contributed by atoms with E-state index in [9.17, 15) is 4.79 Å². The Labute approximate surface area is 96.8 Å². The lowest BCUT2D eigenvalue weighted by atomic mass is 10.2. The molecule has 0 aliphatic heterocycles. The van der Waals surface area contributed by atoms with Crippen LogP contribution in [0.1, 0.15) is 12.5 Å². The van der Waals surface area contributed by atoms with Crippen LogP contribution in [0.4, 0.5) is 5.69 Å². The summed E-state index contributed by atoms with van der Waals surface area (Å²) < 4.78 is 0. The van der Waals surface area contributed by atoms with Crippen LogP contribution >= 0.6 is 27.5 Å². The molecule has 1 unspecified atom stereocenters. The first kappa shape index (κ1) is 11.5. The van der Waals surface area contributed by atoms with E-state index in [2.05, 4.69) is 21.2 Å². The van der Waals surface area contributed by atoms with E-state index in [1.165, 1.54) is 0 Å². The van der Waals surface area contributed by atoms with Gasteiger partial charge in [0.15, 0.2) is 0 Å². The molecular formula is C10H11BrClNO. The van der Waals surface area contributed by atoms with Crippen molar-refractivity contribution in [2.75, 3.05) is 5.32 Å². The fraction of sp³-hybridized carbons (Fsp3) is 0.300. The molecule has 1 aromatic rings. The average molecular weight is 277 g/mol. The highest BCUT2D eigenvalue weighted by atomic mass is 79.9. The molecule has 0 aromatic heterocycles. The molecule has 1 N–H and O–H groups in total. The Morgan fingerprint density at radius 1 is 1.57 bits per heavy atom. The van der Waals surface area contributed by atoms with Crippen molar-refractivity contribution in [1.29, 1.82) is 0 Å². The number of aryl methyl sites for hydroxylation is 1. The summed E-state index contributed by atoms with van der Waals surface area (Å²) >= 11 is 9.01. The zero-order valence-electron chi connectivity index (χ0n) is 7.97. The quantitative estimate of drug-likeness (QED) is 0.825. The smallest absolute Gasteiger partial charge is 0.237 e. The SMILES string of the molecule is Cc1ccc(Cl)cc1NC(=O)C(C)Br. The second kappa shape index (κ2) is 4.80. The summed E-state index contributed by atoms with van der Waals surface area (Å²) in [5, 5.41) is 3.40. The fourth-order valence-electron chi connectivity index (χ4n) is 0.961. The molecule has 0 fully saturated rings. The summed E-state index contributed by atoms with van der Waals surface area (Å²) in [4.78, 5) is 11.2. The van der Waals surface area contributed by atoms with Crippen molar-refractivity contribution in [2.24, 2.45) is 0 Å². The van der Waals surface area contributed by atoms with Gasteiger partial charge in [0.25, 0.3) is 0 Å². The molecule has 4 heteroatoms. The van der Waals surface area contributed by atoms with Gasteiger partial charge in [-0.05, 0) is 31.5 Å². The highest BCUT2D eigenvalue weighted by molar-refractivity contribution is 9.10. The number of benzene rings is 1. The van der Waals surface area contributed by atoms with Crippen LogP contribution in [0.25, 0.3) is 0 Å². The number of carbonyl (C=O) groups excluding carboxylic acids is 1. The van der Waals surface area contributed by atoms with Crippen LogP contribution in [0.2, 0.25) is 5.02 Å². The molecule has 0 saturated carbocycles. The van der Waals surface area contributed by atoms with Crippen molar-refractivity contribution in [3.63, 3.8) is 0 Å². The van der Waals surface area contributed by atoms with E-state index < -0.39 is 0 Å². The molecule has 1 atom stereocenters. The predicted octanol–water partition coefficient (Wildman–Crippen LogP) is 3.37. The molecule has 0 bridgehead atoms. The molecule has 0 aliphatic carbocycles. The van der Waals surface area contributed by atoms with Crippen molar-refractivity contribution in [2.45, 2.75) is 18.7 Å². The zero-order valence-corrected chi connectivity index (χ0v) is 10.3. The summed E-state index contributed by atoms with van der Waals surface area (Å²) in [5.74, 6) is -0.0737. The van der Waals surface area contributed by atoms with Gasteiger partial charge in [-0.15, -0.1) is 0 Å². The van der Waals surface area contributed by atoms with Crippen LogP contribution < -0.4 is 5.32 Å². The first-order valence-electron chi connectivity index (χ1n) is 4.22. The van der Waals surface area contributed by atoms with Gasteiger partial charge in [-0.25, -0.2) is 0 Å². The second-order valence-electron chi connectivity index (χ2n) is 3.06. The summed E-state index contributed by atoms with van der Waals surface area (Å²) in [5.41, 5.74) is 1.75. The maximum atomic E-state index is 11.4. The zero-order chi connectivity index (χ0) is 10.7. The number of hydrogen-bond acceptors (Lipinski definition) is 1. The molecular weight excluding hydrogens is 265 g/mol. The molecule has 1 aromatic carbocycles. The lowest BCUT2D eigenvalue weighted by Crippen LogP contribution is -2.20. The fourth-order valence-corrected chi connectivity index (χ4v) is 1.25. The van der Waals surface area contributed by atoms with E-state index in [0.29, 0.717) is 5.02 Å². The third-order valence-electron chi connectivity index (χ3n) is 1.82. The van der Waals surface area contributed by atoms with Crippen molar-refractivity contribution in [3.05, 3.63) is 28.8 Å². The van der Waals surface area contributed by atoms with Crippen molar-refractivity contribution >= 4 is 39.1 Å². The van der Waals surface area contributed by atoms with E-state index in [1.807, 2.05) is 13.0 Å². The minimum atomic E-state index is -0.208. The number of halogens is 2. The maximum absolute atomic E-state index is 11.4.